The Kier molecular flexibility index (Phi) is 10.7. The first-order chi connectivity index (χ1) is 22.1. The Labute approximate surface area is 271 Å². The summed E-state index contributed by atoms with van der Waals surface area (Å²) in [7, 11) is 2.14. The molecule has 0 aliphatic carbocycles. The van der Waals surface area contributed by atoms with Gasteiger partial charge < -0.3 is 24.4 Å². The lowest BCUT2D eigenvalue weighted by Crippen LogP contribution is -2.45. The minimum atomic E-state index is -0.704. The van der Waals surface area contributed by atoms with Crippen molar-refractivity contribution in [2.75, 3.05) is 51.7 Å². The zero-order valence-electron chi connectivity index (χ0n) is 27.1. The molecule has 4 aromatic rings. The molecule has 0 spiro atoms. The van der Waals surface area contributed by atoms with Crippen LogP contribution in [0.5, 0.6) is 11.5 Å². The fourth-order valence-electron chi connectivity index (χ4n) is 5.16. The molecule has 1 N–H and O–H groups in total. The number of piperazine rings is 1. The summed E-state index contributed by atoms with van der Waals surface area (Å²) in [6, 6.07) is 30.2. The molecule has 8 nitrogen and oxygen atoms in total. The minimum absolute atomic E-state index is 0.259. The smallest absolute Gasteiger partial charge is 0.340 e. The molecule has 0 atom stereocenters. The lowest BCUT2D eigenvalue weighted by Gasteiger charge is -2.32. The van der Waals surface area contributed by atoms with Crippen LogP contribution in [0.1, 0.15) is 47.1 Å². The van der Waals surface area contributed by atoms with Crippen molar-refractivity contribution in [3.8, 4) is 22.6 Å². The van der Waals surface area contributed by atoms with Crippen LogP contribution in [-0.2, 0) is 11.3 Å². The summed E-state index contributed by atoms with van der Waals surface area (Å²) in [6.07, 6.45) is 0. The summed E-state index contributed by atoms with van der Waals surface area (Å²) >= 11 is 0. The Morgan fingerprint density at radius 2 is 1.46 bits per heavy atom. The number of likely N-dealkylation sites (N-methyl/N-ethyl adjacent to an activating group) is 1. The summed E-state index contributed by atoms with van der Waals surface area (Å²) in [6.45, 7) is 11.1. The molecule has 46 heavy (non-hydrogen) atoms. The number of anilines is 1. The topological polar surface area (TPSA) is 80.3 Å². The first kappa shape index (κ1) is 32.7. The highest BCUT2D eigenvalue weighted by atomic mass is 16.6. The van der Waals surface area contributed by atoms with E-state index < -0.39 is 17.5 Å². The molecular weight excluding hydrogens is 578 g/mol. The van der Waals surface area contributed by atoms with Gasteiger partial charge in [0.15, 0.2) is 0 Å². The summed E-state index contributed by atoms with van der Waals surface area (Å²) in [4.78, 5) is 32.0. The molecule has 8 heteroatoms. The second-order valence-electron chi connectivity index (χ2n) is 12.5. The highest BCUT2D eigenvalue weighted by Crippen LogP contribution is 2.30. The van der Waals surface area contributed by atoms with Gasteiger partial charge in [0, 0.05) is 32.7 Å². The number of benzene rings is 4. The Hall–Kier alpha value is -4.66. The third-order valence-corrected chi connectivity index (χ3v) is 7.70. The number of hydrogen-bond donors (Lipinski definition) is 1. The molecular formula is C38H43N3O5. The number of rotatable bonds is 11. The lowest BCUT2D eigenvalue weighted by atomic mass is 10.0. The van der Waals surface area contributed by atoms with E-state index in [0.717, 1.165) is 49.4 Å². The highest BCUT2D eigenvalue weighted by molar-refractivity contribution is 6.10. The Morgan fingerprint density at radius 1 is 0.761 bits per heavy atom. The van der Waals surface area contributed by atoms with Crippen LogP contribution in [0.25, 0.3) is 11.1 Å². The van der Waals surface area contributed by atoms with E-state index in [2.05, 4.69) is 22.2 Å². The molecule has 1 heterocycles. The van der Waals surface area contributed by atoms with Crippen LogP contribution in [0.3, 0.4) is 0 Å². The molecule has 1 aliphatic rings. The van der Waals surface area contributed by atoms with Crippen molar-refractivity contribution in [3.63, 3.8) is 0 Å². The van der Waals surface area contributed by atoms with E-state index >= 15 is 0 Å². The predicted octanol–water partition coefficient (Wildman–Crippen LogP) is 6.77. The van der Waals surface area contributed by atoms with Crippen LogP contribution in [-0.4, -0.2) is 73.7 Å². The summed E-state index contributed by atoms with van der Waals surface area (Å²) in [5, 5.41) is 2.99. The molecule has 1 amide bonds. The highest BCUT2D eigenvalue weighted by Gasteiger charge is 2.23. The molecule has 1 aliphatic heterocycles. The van der Waals surface area contributed by atoms with E-state index in [1.54, 1.807) is 24.3 Å². The molecule has 0 unspecified atom stereocenters. The standard InChI is InChI=1S/C38H43N3O5/c1-38(2,3)46-37(43)32-17-15-30(29-13-9-6-10-14-29)25-34(32)39-36(42)33-26-31(44-24-23-41-21-19-40(4)20-22-41)16-18-35(33)45-27-28-11-7-5-8-12-28/h5-18,25-26H,19-24,27H2,1-4H3,(H,39,42). The van der Waals surface area contributed by atoms with Gasteiger partial charge in [0.05, 0.1) is 16.8 Å². The average molecular weight is 622 g/mol. The first-order valence-corrected chi connectivity index (χ1v) is 15.7. The van der Waals surface area contributed by atoms with Crippen molar-refractivity contribution in [2.24, 2.45) is 0 Å². The Balaban J connectivity index is 1.41. The van der Waals surface area contributed by atoms with Gasteiger partial charge in [-0.1, -0.05) is 66.7 Å². The lowest BCUT2D eigenvalue weighted by molar-refractivity contribution is 0.00707. The molecule has 0 aromatic heterocycles. The molecule has 0 saturated carbocycles. The molecule has 1 saturated heterocycles. The summed E-state index contributed by atoms with van der Waals surface area (Å²) in [5.41, 5.74) is 2.98. The van der Waals surface area contributed by atoms with Gasteiger partial charge in [0.2, 0.25) is 0 Å². The van der Waals surface area contributed by atoms with Crippen molar-refractivity contribution in [3.05, 3.63) is 114 Å². The minimum Gasteiger partial charge on any atom is -0.492 e. The van der Waals surface area contributed by atoms with Crippen molar-refractivity contribution in [1.29, 1.82) is 0 Å². The van der Waals surface area contributed by atoms with Gasteiger partial charge in [-0.2, -0.15) is 0 Å². The summed E-state index contributed by atoms with van der Waals surface area (Å²) in [5.74, 6) is 0.0223. The second kappa shape index (κ2) is 15.1. The second-order valence-corrected chi connectivity index (χ2v) is 12.5. The number of carbonyl (C=O) groups is 2. The molecule has 5 rings (SSSR count). The van der Waals surface area contributed by atoms with Crippen molar-refractivity contribution >= 4 is 17.6 Å². The third-order valence-electron chi connectivity index (χ3n) is 7.70. The van der Waals surface area contributed by atoms with E-state index in [4.69, 9.17) is 14.2 Å². The van der Waals surface area contributed by atoms with Crippen LogP contribution in [0.4, 0.5) is 5.69 Å². The molecule has 1 fully saturated rings. The number of nitrogens with one attached hydrogen (secondary N) is 1. The quantitative estimate of drug-likeness (QED) is 0.185. The van der Waals surface area contributed by atoms with Gasteiger partial charge >= 0.3 is 5.97 Å². The van der Waals surface area contributed by atoms with E-state index in [-0.39, 0.29) is 12.2 Å². The van der Waals surface area contributed by atoms with Crippen molar-refractivity contribution in [2.45, 2.75) is 33.0 Å². The number of nitrogens with zero attached hydrogens (tertiary/aromatic N) is 2. The molecule has 4 aromatic carbocycles. The van der Waals surface area contributed by atoms with Crippen LogP contribution >= 0.6 is 0 Å². The summed E-state index contributed by atoms with van der Waals surface area (Å²) < 4.78 is 18.0. The van der Waals surface area contributed by atoms with E-state index in [1.807, 2.05) is 93.6 Å². The Bertz CT molecular complexity index is 1610. The predicted molar refractivity (Wildman–Crippen MR) is 182 cm³/mol. The maximum atomic E-state index is 14.0. The maximum absolute atomic E-state index is 14.0. The first-order valence-electron chi connectivity index (χ1n) is 15.7. The fourth-order valence-corrected chi connectivity index (χ4v) is 5.16. The van der Waals surface area contributed by atoms with Gasteiger partial charge in [0.25, 0.3) is 5.91 Å². The van der Waals surface area contributed by atoms with Gasteiger partial charge in [-0.25, -0.2) is 4.79 Å². The zero-order chi connectivity index (χ0) is 32.5. The number of ether oxygens (including phenoxy) is 3. The number of esters is 1. The molecule has 0 radical (unpaired) electrons. The van der Waals surface area contributed by atoms with E-state index in [9.17, 15) is 9.59 Å². The van der Waals surface area contributed by atoms with Gasteiger partial charge in [0.1, 0.15) is 30.3 Å². The van der Waals surface area contributed by atoms with Gasteiger partial charge in [-0.3, -0.25) is 9.69 Å². The third kappa shape index (κ3) is 9.19. The molecule has 0 bridgehead atoms. The van der Waals surface area contributed by atoms with Crippen molar-refractivity contribution in [1.82, 2.24) is 9.80 Å². The van der Waals surface area contributed by atoms with Gasteiger partial charge in [-0.05, 0) is 74.8 Å². The maximum Gasteiger partial charge on any atom is 0.340 e. The van der Waals surface area contributed by atoms with Crippen LogP contribution in [0, 0.1) is 0 Å². The van der Waals surface area contributed by atoms with Crippen LogP contribution in [0.2, 0.25) is 0 Å². The molecule has 240 valence electrons. The Morgan fingerprint density at radius 3 is 2.15 bits per heavy atom. The zero-order valence-corrected chi connectivity index (χ0v) is 27.1. The normalized spacial score (nSPS) is 14.0. The van der Waals surface area contributed by atoms with Crippen LogP contribution < -0.4 is 14.8 Å². The van der Waals surface area contributed by atoms with Crippen molar-refractivity contribution < 1.29 is 23.8 Å². The van der Waals surface area contributed by atoms with Gasteiger partial charge in [-0.15, -0.1) is 0 Å². The monoisotopic (exact) mass is 621 g/mol. The fraction of sp³-hybridized carbons (Fsp3) is 0.316. The number of carbonyl (C=O) groups excluding carboxylic acids is 2. The number of amides is 1. The number of hydrogen-bond acceptors (Lipinski definition) is 7. The van der Waals surface area contributed by atoms with Crippen LogP contribution in [0.15, 0.2) is 97.1 Å². The SMILES string of the molecule is CN1CCN(CCOc2ccc(OCc3ccccc3)c(C(=O)Nc3cc(-c4ccccc4)ccc3C(=O)OC(C)(C)C)c2)CC1. The average Bonchev–Trinajstić information content (AvgIpc) is 3.05. The van der Waals surface area contributed by atoms with E-state index in [1.165, 1.54) is 0 Å². The van der Waals surface area contributed by atoms with E-state index in [0.29, 0.717) is 29.4 Å². The largest absolute Gasteiger partial charge is 0.492 e.